The van der Waals surface area contributed by atoms with Crippen molar-refractivity contribution in [2.24, 2.45) is 0 Å². The number of hydrogen-bond donors (Lipinski definition) is 0. The zero-order chi connectivity index (χ0) is 31.1. The molecule has 4 aromatic rings. The number of aryl methyl sites for hydroxylation is 2. The maximum absolute atomic E-state index is 2.51. The van der Waals surface area contributed by atoms with Gasteiger partial charge in [-0.1, -0.05) is 76.8 Å². The average Bonchev–Trinajstić information content (AvgIpc) is 3.53. The fourth-order valence-corrected chi connectivity index (χ4v) is 6.99. The number of fused-ring (bicyclic) bond motifs is 5. The average molecular weight is 713 g/mol. The van der Waals surface area contributed by atoms with Gasteiger partial charge in [0.2, 0.25) is 0 Å². The minimum Gasteiger partial charge on any atom is -1.00 e. The van der Waals surface area contributed by atoms with E-state index in [0.29, 0.717) is 0 Å². The summed E-state index contributed by atoms with van der Waals surface area (Å²) in [6.07, 6.45) is 9.28. The van der Waals surface area contributed by atoms with Gasteiger partial charge in [-0.15, -0.1) is 12.5 Å². The molecule has 0 amide bonds. The van der Waals surface area contributed by atoms with E-state index in [1.807, 2.05) is 6.07 Å². The Bertz CT molecular complexity index is 1640. The Morgan fingerprint density at radius 2 is 1.31 bits per heavy atom. The Morgan fingerprint density at radius 1 is 0.733 bits per heavy atom. The van der Waals surface area contributed by atoms with E-state index < -0.39 is 0 Å². The number of benzene rings is 3. The molecule has 0 heterocycles. The fraction of sp³-hybridized carbons (Fsp3) is 0.310. The van der Waals surface area contributed by atoms with Crippen LogP contribution in [-0.4, -0.2) is 3.21 Å². The summed E-state index contributed by atoms with van der Waals surface area (Å²) in [7, 11) is 0. The molecule has 0 atom stereocenters. The van der Waals surface area contributed by atoms with Crippen LogP contribution >= 0.6 is 0 Å². The Kier molecular flexibility index (Phi) is 12.1. The third kappa shape index (κ3) is 7.99. The van der Waals surface area contributed by atoms with Crippen LogP contribution in [-0.2, 0) is 41.5 Å². The molecule has 0 nitrogen and oxygen atoms in total. The molecule has 7 rings (SSSR count). The SMILES string of the molecule is CC1=C[CH-]C(C)(C)c2cc3c(cc21)-c1cc2c(cc1C3)C(C)(C)CC=C2C.C[C](=[Zr+2])c1ccccc1.Cc1c[cH-]c(C)c1.[Cl-].[Cl-]. The van der Waals surface area contributed by atoms with E-state index in [1.54, 1.807) is 0 Å². The van der Waals surface area contributed by atoms with Crippen molar-refractivity contribution < 1.29 is 49.0 Å². The van der Waals surface area contributed by atoms with Crippen molar-refractivity contribution in [2.45, 2.75) is 86.0 Å². The van der Waals surface area contributed by atoms with Gasteiger partial charge in [-0.2, -0.15) is 23.3 Å². The maximum Gasteiger partial charge on any atom is -0.0635 e. The largest absolute Gasteiger partial charge is 1.00 e. The molecule has 234 valence electrons. The summed E-state index contributed by atoms with van der Waals surface area (Å²) in [6.45, 7) is 20.3. The maximum atomic E-state index is 2.51. The van der Waals surface area contributed by atoms with Crippen LogP contribution < -0.4 is 24.8 Å². The number of hydrogen-bond acceptors (Lipinski definition) is 0. The molecule has 0 spiro atoms. The van der Waals surface area contributed by atoms with Gasteiger partial charge in [0.05, 0.1) is 0 Å². The molecule has 0 N–H and O–H groups in total. The molecular weight excluding hydrogens is 667 g/mol. The van der Waals surface area contributed by atoms with Crippen molar-refractivity contribution in [3.05, 3.63) is 141 Å². The monoisotopic (exact) mass is 710 g/mol. The van der Waals surface area contributed by atoms with Crippen LogP contribution in [0.1, 0.15) is 105 Å². The molecule has 0 aromatic heterocycles. The van der Waals surface area contributed by atoms with Gasteiger partial charge in [0.15, 0.2) is 0 Å². The second-order valence-corrected chi connectivity index (χ2v) is 15.8. The summed E-state index contributed by atoms with van der Waals surface area (Å²) >= 11 is 1.51. The molecule has 0 fully saturated rings. The Hall–Kier alpha value is -2.31. The van der Waals surface area contributed by atoms with E-state index in [-0.39, 0.29) is 35.6 Å². The van der Waals surface area contributed by atoms with E-state index in [1.165, 1.54) is 99.8 Å². The van der Waals surface area contributed by atoms with Crippen molar-refractivity contribution in [2.75, 3.05) is 0 Å². The molecule has 0 saturated heterocycles. The molecule has 0 saturated carbocycles. The molecule has 0 aliphatic heterocycles. The van der Waals surface area contributed by atoms with E-state index in [4.69, 9.17) is 0 Å². The van der Waals surface area contributed by atoms with E-state index in [0.717, 1.165) is 12.8 Å². The van der Waals surface area contributed by atoms with Crippen molar-refractivity contribution in [3.63, 3.8) is 0 Å². The molecule has 45 heavy (non-hydrogen) atoms. The van der Waals surface area contributed by atoms with Crippen molar-refractivity contribution in [1.82, 2.24) is 0 Å². The molecular formula is C42H46Cl2Zr-2. The van der Waals surface area contributed by atoms with Crippen LogP contribution in [0, 0.1) is 20.3 Å². The summed E-state index contributed by atoms with van der Waals surface area (Å²) in [5.41, 5.74) is 19.1. The molecule has 3 heteroatoms. The van der Waals surface area contributed by atoms with Crippen LogP contribution in [0.15, 0.2) is 84.9 Å². The zero-order valence-electron chi connectivity index (χ0n) is 28.3. The summed E-state index contributed by atoms with van der Waals surface area (Å²) in [5, 5.41) is 0. The van der Waals surface area contributed by atoms with E-state index >= 15 is 0 Å². The minimum absolute atomic E-state index is 0. The van der Waals surface area contributed by atoms with Crippen molar-refractivity contribution >= 4 is 14.4 Å². The van der Waals surface area contributed by atoms with Gasteiger partial charge in [0, 0.05) is 0 Å². The first-order chi connectivity index (χ1) is 20.3. The summed E-state index contributed by atoms with van der Waals surface area (Å²) in [6, 6.07) is 26.8. The minimum atomic E-state index is 0. The second-order valence-electron chi connectivity index (χ2n) is 14.0. The smallest absolute Gasteiger partial charge is 0.0635 e. The molecule has 4 aromatic carbocycles. The molecule has 3 aliphatic carbocycles. The number of rotatable bonds is 1. The standard InChI is InChI=1S/C27H29.C8H8.C7H9.2ClH.Zr/c1-16-7-9-26(3,4)24-12-18-11-19-13-25-21(17(2)8-10-27(25,5)6)15-23(19)22(18)14-20(16)24;1-2-8-6-4-3-5-7-8;1-6-3-4-7(2)5-6;;;/h7-9,12-15H,10-11H2,1-6H3;3-7H,1H3;3-5H,1-2H3;2*1H;/q-1;;-1;;;+2/p-2. The van der Waals surface area contributed by atoms with Gasteiger partial charge < -0.3 is 24.8 Å². The van der Waals surface area contributed by atoms with Crippen LogP contribution in [0.5, 0.6) is 0 Å². The predicted octanol–water partition coefficient (Wildman–Crippen LogP) is 5.05. The van der Waals surface area contributed by atoms with Gasteiger partial charge in [0.1, 0.15) is 0 Å². The first kappa shape index (κ1) is 37.2. The van der Waals surface area contributed by atoms with Crippen molar-refractivity contribution in [1.29, 1.82) is 0 Å². The zero-order valence-corrected chi connectivity index (χ0v) is 32.3. The predicted molar refractivity (Wildman–Crippen MR) is 185 cm³/mol. The topological polar surface area (TPSA) is 0 Å². The van der Waals surface area contributed by atoms with Crippen molar-refractivity contribution in [3.8, 4) is 11.1 Å². The third-order valence-electron chi connectivity index (χ3n) is 9.37. The van der Waals surface area contributed by atoms with Gasteiger partial charge >= 0.3 is 70.3 Å². The van der Waals surface area contributed by atoms with E-state index in [2.05, 4.69) is 148 Å². The van der Waals surface area contributed by atoms with E-state index in [9.17, 15) is 0 Å². The van der Waals surface area contributed by atoms with Gasteiger partial charge in [-0.3, -0.25) is 0 Å². The Labute approximate surface area is 300 Å². The summed E-state index contributed by atoms with van der Waals surface area (Å²) < 4.78 is 1.46. The summed E-state index contributed by atoms with van der Waals surface area (Å²) in [4.78, 5) is 0. The van der Waals surface area contributed by atoms with Crippen LogP contribution in [0.4, 0.5) is 0 Å². The van der Waals surface area contributed by atoms with Crippen LogP contribution in [0.2, 0.25) is 0 Å². The normalized spacial score (nSPS) is 15.6. The second kappa shape index (κ2) is 14.6. The molecule has 3 aliphatic rings. The van der Waals surface area contributed by atoms with Gasteiger partial charge in [0.25, 0.3) is 0 Å². The molecule has 0 radical (unpaired) electrons. The molecule has 0 bridgehead atoms. The first-order valence-corrected chi connectivity index (χ1v) is 16.9. The van der Waals surface area contributed by atoms with Gasteiger partial charge in [-0.05, 0) is 70.2 Å². The number of allylic oxidation sites excluding steroid dienone is 4. The van der Waals surface area contributed by atoms with Gasteiger partial charge in [-0.25, -0.2) is 24.1 Å². The third-order valence-corrected chi connectivity index (χ3v) is 10.1. The fourth-order valence-electron chi connectivity index (χ4n) is 6.58. The Morgan fingerprint density at radius 3 is 1.80 bits per heavy atom. The molecule has 0 unspecified atom stereocenters. The Balaban J connectivity index is 0.000000253. The van der Waals surface area contributed by atoms with Crippen LogP contribution in [0.3, 0.4) is 0 Å². The number of halogens is 2. The van der Waals surface area contributed by atoms with Crippen LogP contribution in [0.25, 0.3) is 22.3 Å². The first-order valence-electron chi connectivity index (χ1n) is 15.6. The quantitative estimate of drug-likeness (QED) is 0.214. The summed E-state index contributed by atoms with van der Waals surface area (Å²) in [5.74, 6) is 0.